The molecule has 5 rings (SSSR count). The Morgan fingerprint density at radius 3 is 2.78 bits per heavy atom. The van der Waals surface area contributed by atoms with Crippen LogP contribution < -0.4 is 0 Å². The Morgan fingerprint density at radius 1 is 1.25 bits per heavy atom. The molecule has 3 aromatic heterocycles. The first-order chi connectivity index (χ1) is 15.2. The van der Waals surface area contributed by atoms with Crippen LogP contribution >= 0.6 is 11.3 Å². The predicted octanol–water partition coefficient (Wildman–Crippen LogP) is 5.97. The predicted molar refractivity (Wildman–Crippen MR) is 127 cm³/mol. The van der Waals surface area contributed by atoms with Crippen LogP contribution in [0, 0.1) is 6.92 Å². The lowest BCUT2D eigenvalue weighted by Gasteiger charge is -2.28. The van der Waals surface area contributed by atoms with Gasteiger partial charge in [0.05, 0.1) is 17.3 Å². The summed E-state index contributed by atoms with van der Waals surface area (Å²) in [5, 5.41) is 19.5. The van der Waals surface area contributed by atoms with Crippen LogP contribution in [0.15, 0.2) is 24.4 Å². The maximum atomic E-state index is 12.5. The van der Waals surface area contributed by atoms with Gasteiger partial charge >= 0.3 is 5.97 Å². The molecule has 0 fully saturated rings. The fourth-order valence-corrected chi connectivity index (χ4v) is 6.04. The molecule has 32 heavy (non-hydrogen) atoms. The summed E-state index contributed by atoms with van der Waals surface area (Å²) in [4.78, 5) is 19.8. The average Bonchev–Trinajstić information content (AvgIpc) is 3.33. The zero-order chi connectivity index (χ0) is 22.6. The maximum absolute atomic E-state index is 12.5. The van der Waals surface area contributed by atoms with Crippen LogP contribution in [0.3, 0.4) is 0 Å². The molecular weight excluding hydrogens is 422 g/mol. The van der Waals surface area contributed by atoms with E-state index in [0.717, 1.165) is 51.5 Å². The highest BCUT2D eigenvalue weighted by Gasteiger charge is 2.34. The average molecular weight is 450 g/mol. The fraction of sp³-hybridized carbons (Fsp3) is 0.400. The molecule has 166 valence electrons. The van der Waals surface area contributed by atoms with Gasteiger partial charge in [-0.1, -0.05) is 6.07 Å². The Labute approximate surface area is 190 Å². The minimum Gasteiger partial charge on any atom is -0.479 e. The number of carbonyl (C=O) groups is 1. The van der Waals surface area contributed by atoms with Crippen LogP contribution in [0.2, 0.25) is 0 Å². The Hall–Kier alpha value is -2.77. The molecule has 2 N–H and O–H groups in total. The first kappa shape index (κ1) is 21.1. The minimum atomic E-state index is -1.11. The lowest BCUT2D eigenvalue weighted by atomic mass is 9.87. The molecule has 1 aliphatic carbocycles. The van der Waals surface area contributed by atoms with Gasteiger partial charge in [0.15, 0.2) is 6.10 Å². The molecule has 0 saturated heterocycles. The monoisotopic (exact) mass is 449 g/mol. The van der Waals surface area contributed by atoms with Crippen LogP contribution in [0.4, 0.5) is 0 Å². The standard InChI is InChI=1S/C25H27N3O3S/c1-13-19(22(24(29)30)31-25(2,3)4)20(14-9-10-17-15(11-14)12-26-28-17)21-16-7-5-6-8-18(16)32-23(21)27-13/h9-12,22H,5-8H2,1-4H3,(H,26,28)(H,29,30)/t22-/m0/s1. The third-order valence-corrected chi connectivity index (χ3v) is 7.20. The van der Waals surface area contributed by atoms with E-state index < -0.39 is 17.7 Å². The molecule has 0 spiro atoms. The van der Waals surface area contributed by atoms with Crippen molar-refractivity contribution in [3.63, 3.8) is 0 Å². The number of aromatic nitrogens is 3. The second kappa shape index (κ2) is 7.67. The Balaban J connectivity index is 1.87. The number of carboxylic acid groups (broad SMARTS) is 1. The van der Waals surface area contributed by atoms with Gasteiger partial charge in [0, 0.05) is 32.5 Å². The van der Waals surface area contributed by atoms with Crippen LogP contribution in [0.1, 0.15) is 61.4 Å². The van der Waals surface area contributed by atoms with Crippen molar-refractivity contribution >= 4 is 38.4 Å². The van der Waals surface area contributed by atoms with Gasteiger partial charge in [-0.15, -0.1) is 11.3 Å². The number of benzene rings is 1. The molecule has 0 radical (unpaired) electrons. The molecule has 0 amide bonds. The highest BCUT2D eigenvalue weighted by Crippen LogP contribution is 2.46. The Kier molecular flexibility index (Phi) is 5.06. The number of aromatic amines is 1. The normalized spacial score (nSPS) is 15.2. The lowest BCUT2D eigenvalue weighted by molar-refractivity contribution is -0.160. The summed E-state index contributed by atoms with van der Waals surface area (Å²) in [5.41, 5.74) is 4.91. The van der Waals surface area contributed by atoms with Gasteiger partial charge in [-0.05, 0) is 76.6 Å². The number of H-pyrrole nitrogens is 1. The summed E-state index contributed by atoms with van der Waals surface area (Å²) in [6.07, 6.45) is 5.08. The van der Waals surface area contributed by atoms with Gasteiger partial charge in [0.2, 0.25) is 0 Å². The van der Waals surface area contributed by atoms with Crippen molar-refractivity contribution in [3.8, 4) is 11.1 Å². The smallest absolute Gasteiger partial charge is 0.337 e. The first-order valence-corrected chi connectivity index (χ1v) is 11.8. The van der Waals surface area contributed by atoms with E-state index in [4.69, 9.17) is 9.72 Å². The fourth-order valence-electron chi connectivity index (χ4n) is 4.72. The molecule has 1 atom stereocenters. The van der Waals surface area contributed by atoms with Crippen LogP contribution in [0.25, 0.3) is 32.2 Å². The molecule has 6 nitrogen and oxygen atoms in total. The Morgan fingerprint density at radius 2 is 2.03 bits per heavy atom. The summed E-state index contributed by atoms with van der Waals surface area (Å²) in [6, 6.07) is 6.13. The van der Waals surface area contributed by atoms with Crippen LogP contribution in [0.5, 0.6) is 0 Å². The lowest BCUT2D eigenvalue weighted by Crippen LogP contribution is -2.28. The van der Waals surface area contributed by atoms with Gasteiger partial charge in [0.25, 0.3) is 0 Å². The minimum absolute atomic E-state index is 0.621. The van der Waals surface area contributed by atoms with Crippen molar-refractivity contribution < 1.29 is 14.6 Å². The molecule has 1 aliphatic rings. The number of rotatable bonds is 4. The summed E-state index contributed by atoms with van der Waals surface area (Å²) >= 11 is 1.75. The van der Waals surface area contributed by atoms with Gasteiger partial charge in [-0.3, -0.25) is 5.10 Å². The molecule has 0 bridgehead atoms. The quantitative estimate of drug-likeness (QED) is 0.401. The number of aliphatic carboxylic acids is 1. The summed E-state index contributed by atoms with van der Waals surface area (Å²) in [6.45, 7) is 7.55. The number of hydrogen-bond donors (Lipinski definition) is 2. The van der Waals surface area contributed by atoms with E-state index in [1.807, 2.05) is 39.8 Å². The number of ether oxygens (including phenoxy) is 1. The summed E-state index contributed by atoms with van der Waals surface area (Å²) in [7, 11) is 0. The zero-order valence-corrected chi connectivity index (χ0v) is 19.6. The number of carboxylic acids is 1. The van der Waals surface area contributed by atoms with Gasteiger partial charge < -0.3 is 9.84 Å². The first-order valence-electron chi connectivity index (χ1n) is 11.0. The second-order valence-corrected chi connectivity index (χ2v) is 10.6. The molecular formula is C25H27N3O3S. The molecule has 4 aromatic rings. The van der Waals surface area contributed by atoms with Crippen LogP contribution in [-0.2, 0) is 22.4 Å². The number of nitrogens with zero attached hydrogens (tertiary/aromatic N) is 2. The molecule has 7 heteroatoms. The number of thiophene rings is 1. The number of fused-ring (bicyclic) bond motifs is 4. The van der Waals surface area contributed by atoms with Crippen molar-refractivity contribution in [1.82, 2.24) is 15.2 Å². The molecule has 1 aromatic carbocycles. The van der Waals surface area contributed by atoms with Gasteiger partial charge in [-0.25, -0.2) is 9.78 Å². The van der Waals surface area contributed by atoms with Crippen molar-refractivity contribution in [2.45, 2.75) is 65.1 Å². The van der Waals surface area contributed by atoms with Crippen molar-refractivity contribution in [3.05, 3.63) is 46.1 Å². The molecule has 0 unspecified atom stereocenters. The van der Waals surface area contributed by atoms with E-state index in [2.05, 4.69) is 16.3 Å². The van der Waals surface area contributed by atoms with E-state index in [-0.39, 0.29) is 0 Å². The van der Waals surface area contributed by atoms with E-state index in [0.29, 0.717) is 11.3 Å². The van der Waals surface area contributed by atoms with E-state index >= 15 is 0 Å². The van der Waals surface area contributed by atoms with E-state index in [9.17, 15) is 9.90 Å². The van der Waals surface area contributed by atoms with E-state index in [1.54, 1.807) is 17.5 Å². The molecule has 0 aliphatic heterocycles. The molecule has 0 saturated carbocycles. The zero-order valence-electron chi connectivity index (χ0n) is 18.8. The highest BCUT2D eigenvalue weighted by molar-refractivity contribution is 7.19. The van der Waals surface area contributed by atoms with Gasteiger partial charge in [0.1, 0.15) is 4.83 Å². The van der Waals surface area contributed by atoms with Crippen molar-refractivity contribution in [2.24, 2.45) is 0 Å². The largest absolute Gasteiger partial charge is 0.479 e. The Bertz CT molecular complexity index is 1350. The highest BCUT2D eigenvalue weighted by atomic mass is 32.1. The third kappa shape index (κ3) is 3.59. The second-order valence-electron chi connectivity index (χ2n) is 9.50. The van der Waals surface area contributed by atoms with Crippen LogP contribution in [-0.4, -0.2) is 31.9 Å². The van der Waals surface area contributed by atoms with E-state index in [1.165, 1.54) is 16.9 Å². The van der Waals surface area contributed by atoms with Crippen molar-refractivity contribution in [2.75, 3.05) is 0 Å². The number of pyridine rings is 1. The molecule has 3 heterocycles. The summed E-state index contributed by atoms with van der Waals surface area (Å²) < 4.78 is 6.12. The topological polar surface area (TPSA) is 88.1 Å². The van der Waals surface area contributed by atoms with Gasteiger partial charge in [-0.2, -0.15) is 5.10 Å². The number of hydrogen-bond acceptors (Lipinski definition) is 5. The summed E-state index contributed by atoms with van der Waals surface area (Å²) in [5.74, 6) is -1.00. The SMILES string of the molecule is Cc1nc2sc3c(c2c(-c2ccc4[nH]ncc4c2)c1[C@H](OC(C)(C)C)C(=O)O)CCCC3. The maximum Gasteiger partial charge on any atom is 0.337 e. The van der Waals surface area contributed by atoms with Crippen molar-refractivity contribution in [1.29, 1.82) is 0 Å². The number of aryl methyl sites for hydroxylation is 3. The number of nitrogens with one attached hydrogen (secondary N) is 1. The third-order valence-electron chi connectivity index (χ3n) is 6.02.